The predicted molar refractivity (Wildman–Crippen MR) is 77.4 cm³/mol. The van der Waals surface area contributed by atoms with E-state index in [2.05, 4.69) is 17.6 Å². The molecule has 0 aliphatic carbocycles. The van der Waals surface area contributed by atoms with Crippen molar-refractivity contribution in [2.24, 2.45) is 5.41 Å². The van der Waals surface area contributed by atoms with Crippen LogP contribution in [0.3, 0.4) is 0 Å². The highest BCUT2D eigenvalue weighted by Crippen LogP contribution is 2.32. The molecule has 2 rings (SSSR count). The van der Waals surface area contributed by atoms with Crippen molar-refractivity contribution in [3.05, 3.63) is 0 Å². The van der Waals surface area contributed by atoms with Gasteiger partial charge in [-0.25, -0.2) is 0 Å². The molecule has 2 atom stereocenters. The van der Waals surface area contributed by atoms with E-state index in [0.717, 1.165) is 38.8 Å². The maximum Gasteiger partial charge on any atom is 0.227 e. The van der Waals surface area contributed by atoms with E-state index in [0.29, 0.717) is 13.2 Å². The Labute approximate surface area is 121 Å². The zero-order chi connectivity index (χ0) is 14.6. The molecule has 0 aromatic carbocycles. The highest BCUT2D eigenvalue weighted by molar-refractivity contribution is 5.83. The molecule has 0 bridgehead atoms. The minimum Gasteiger partial charge on any atom is -0.353 e. The van der Waals surface area contributed by atoms with Crippen molar-refractivity contribution in [3.63, 3.8) is 0 Å². The summed E-state index contributed by atoms with van der Waals surface area (Å²) in [5.74, 6) is -0.358. The van der Waals surface area contributed by atoms with Gasteiger partial charge in [0.15, 0.2) is 5.79 Å². The van der Waals surface area contributed by atoms with Gasteiger partial charge in [0, 0.05) is 13.1 Å². The van der Waals surface area contributed by atoms with E-state index >= 15 is 0 Å². The average Bonchev–Trinajstić information content (AvgIpc) is 2.77. The fourth-order valence-electron chi connectivity index (χ4n) is 3.22. The molecule has 2 saturated heterocycles. The summed E-state index contributed by atoms with van der Waals surface area (Å²) in [6.45, 7) is 8.84. The number of hydrogen-bond donors (Lipinski definition) is 2. The van der Waals surface area contributed by atoms with Gasteiger partial charge >= 0.3 is 0 Å². The average molecular weight is 284 g/mol. The van der Waals surface area contributed by atoms with Crippen molar-refractivity contribution in [2.45, 2.75) is 58.3 Å². The number of hydrogen-bond acceptors (Lipinski definition) is 4. The highest BCUT2D eigenvalue weighted by atomic mass is 16.7. The first kappa shape index (κ1) is 15.7. The van der Waals surface area contributed by atoms with Crippen molar-refractivity contribution in [1.82, 2.24) is 10.6 Å². The van der Waals surface area contributed by atoms with Crippen LogP contribution >= 0.6 is 0 Å². The van der Waals surface area contributed by atoms with E-state index in [4.69, 9.17) is 9.47 Å². The molecular formula is C15H28N2O3. The molecule has 0 aromatic heterocycles. The Kier molecular flexibility index (Phi) is 5.04. The molecule has 0 aromatic rings. The number of ether oxygens (including phenoxy) is 2. The Morgan fingerprint density at radius 2 is 2.25 bits per heavy atom. The second-order valence-corrected chi connectivity index (χ2v) is 6.47. The lowest BCUT2D eigenvalue weighted by molar-refractivity contribution is -0.142. The Hall–Kier alpha value is -0.650. The van der Waals surface area contributed by atoms with Crippen LogP contribution in [0.4, 0.5) is 0 Å². The maximum absolute atomic E-state index is 12.6. The van der Waals surface area contributed by atoms with Gasteiger partial charge in [0.05, 0.1) is 12.0 Å². The maximum atomic E-state index is 12.6. The summed E-state index contributed by atoms with van der Waals surface area (Å²) in [4.78, 5) is 12.6. The molecule has 5 heteroatoms. The quantitative estimate of drug-likeness (QED) is 0.802. The largest absolute Gasteiger partial charge is 0.353 e. The Morgan fingerprint density at radius 3 is 2.80 bits per heavy atom. The lowest BCUT2D eigenvalue weighted by Gasteiger charge is -2.36. The fourth-order valence-corrected chi connectivity index (χ4v) is 3.22. The summed E-state index contributed by atoms with van der Waals surface area (Å²) < 4.78 is 11.2. The number of nitrogens with one attached hydrogen (secondary N) is 2. The van der Waals surface area contributed by atoms with Crippen molar-refractivity contribution in [3.8, 4) is 0 Å². The van der Waals surface area contributed by atoms with Gasteiger partial charge in [-0.15, -0.1) is 0 Å². The highest BCUT2D eigenvalue weighted by Gasteiger charge is 2.39. The van der Waals surface area contributed by atoms with E-state index in [9.17, 15) is 4.79 Å². The molecule has 5 nitrogen and oxygen atoms in total. The van der Waals surface area contributed by atoms with Crippen molar-refractivity contribution >= 4 is 5.91 Å². The molecule has 2 N–H and O–H groups in total. The number of rotatable bonds is 5. The van der Waals surface area contributed by atoms with E-state index < -0.39 is 5.79 Å². The first-order valence-corrected chi connectivity index (χ1v) is 7.78. The molecule has 20 heavy (non-hydrogen) atoms. The van der Waals surface area contributed by atoms with Crippen LogP contribution in [-0.4, -0.2) is 44.0 Å². The van der Waals surface area contributed by atoms with Crippen LogP contribution in [0.1, 0.15) is 46.5 Å². The van der Waals surface area contributed by atoms with Crippen molar-refractivity contribution < 1.29 is 14.3 Å². The molecule has 2 heterocycles. The molecule has 2 aliphatic heterocycles. The van der Waals surface area contributed by atoms with Crippen LogP contribution in [0.25, 0.3) is 0 Å². The zero-order valence-corrected chi connectivity index (χ0v) is 13.0. The number of amides is 1. The molecule has 116 valence electrons. The van der Waals surface area contributed by atoms with Gasteiger partial charge in [-0.1, -0.05) is 13.3 Å². The molecule has 2 fully saturated rings. The molecular weight excluding hydrogens is 256 g/mol. The number of piperidine rings is 1. The Balaban J connectivity index is 1.86. The number of carbonyl (C=O) groups is 1. The molecule has 0 spiro atoms. The van der Waals surface area contributed by atoms with Crippen LogP contribution < -0.4 is 10.6 Å². The Morgan fingerprint density at radius 1 is 1.45 bits per heavy atom. The molecule has 2 aliphatic rings. The van der Waals surface area contributed by atoms with Crippen LogP contribution in [-0.2, 0) is 14.3 Å². The summed E-state index contributed by atoms with van der Waals surface area (Å²) >= 11 is 0. The topological polar surface area (TPSA) is 59.6 Å². The van der Waals surface area contributed by atoms with E-state index in [1.165, 1.54) is 0 Å². The van der Waals surface area contributed by atoms with Gasteiger partial charge in [0.25, 0.3) is 0 Å². The predicted octanol–water partition coefficient (Wildman–Crippen LogP) is 1.42. The summed E-state index contributed by atoms with van der Waals surface area (Å²) in [6, 6.07) is 0. The third-order valence-corrected chi connectivity index (χ3v) is 4.24. The third-order valence-electron chi connectivity index (χ3n) is 4.24. The van der Waals surface area contributed by atoms with Crippen LogP contribution in [0.5, 0.6) is 0 Å². The summed E-state index contributed by atoms with van der Waals surface area (Å²) in [5.41, 5.74) is -0.234. The molecule has 0 radical (unpaired) electrons. The van der Waals surface area contributed by atoms with Gasteiger partial charge in [-0.05, 0) is 39.7 Å². The normalized spacial score (nSPS) is 33.0. The zero-order valence-electron chi connectivity index (χ0n) is 13.0. The van der Waals surface area contributed by atoms with E-state index in [-0.39, 0.29) is 17.4 Å². The van der Waals surface area contributed by atoms with Crippen molar-refractivity contribution in [2.75, 3.05) is 26.2 Å². The first-order chi connectivity index (χ1) is 9.47. The van der Waals surface area contributed by atoms with Gasteiger partial charge in [0.1, 0.15) is 6.10 Å². The minimum absolute atomic E-state index is 0.0378. The second-order valence-electron chi connectivity index (χ2n) is 6.47. The Bertz CT molecular complexity index is 333. The minimum atomic E-state index is -0.525. The summed E-state index contributed by atoms with van der Waals surface area (Å²) in [7, 11) is 0. The summed E-state index contributed by atoms with van der Waals surface area (Å²) in [5, 5.41) is 6.44. The SMILES string of the molecule is CCCC1(C(=O)NCC2COC(C)(C)O2)CCCNC1. The molecule has 1 amide bonds. The van der Waals surface area contributed by atoms with E-state index in [1.54, 1.807) is 0 Å². The lowest BCUT2D eigenvalue weighted by atomic mass is 9.76. The van der Waals surface area contributed by atoms with Crippen LogP contribution in [0, 0.1) is 5.41 Å². The van der Waals surface area contributed by atoms with Gasteiger partial charge < -0.3 is 20.1 Å². The van der Waals surface area contributed by atoms with Gasteiger partial charge in [-0.3, -0.25) is 4.79 Å². The smallest absolute Gasteiger partial charge is 0.227 e. The molecule has 0 saturated carbocycles. The molecule has 2 unspecified atom stereocenters. The van der Waals surface area contributed by atoms with Gasteiger partial charge in [0.2, 0.25) is 5.91 Å². The van der Waals surface area contributed by atoms with E-state index in [1.807, 2.05) is 13.8 Å². The lowest BCUT2D eigenvalue weighted by Crippen LogP contribution is -2.51. The fraction of sp³-hybridized carbons (Fsp3) is 0.933. The second kappa shape index (κ2) is 6.41. The van der Waals surface area contributed by atoms with Crippen molar-refractivity contribution in [1.29, 1.82) is 0 Å². The van der Waals surface area contributed by atoms with Crippen LogP contribution in [0.2, 0.25) is 0 Å². The number of carbonyl (C=O) groups excluding carboxylic acids is 1. The third kappa shape index (κ3) is 3.71. The van der Waals surface area contributed by atoms with Crippen LogP contribution in [0.15, 0.2) is 0 Å². The standard InChI is InChI=1S/C15H28N2O3/c1-4-6-15(7-5-8-16-11-15)13(18)17-9-12-10-19-14(2,3)20-12/h12,16H,4-11H2,1-3H3,(H,17,18). The summed E-state index contributed by atoms with van der Waals surface area (Å²) in [6.07, 6.45) is 3.99. The van der Waals surface area contributed by atoms with Gasteiger partial charge in [-0.2, -0.15) is 0 Å². The monoisotopic (exact) mass is 284 g/mol. The first-order valence-electron chi connectivity index (χ1n) is 7.78.